The molecule has 32 heavy (non-hydrogen) atoms. The average molecular weight is 460 g/mol. The van der Waals surface area contributed by atoms with Crippen molar-refractivity contribution in [1.82, 2.24) is 10.2 Å². The normalized spacial score (nSPS) is 18.1. The van der Waals surface area contributed by atoms with Crippen molar-refractivity contribution in [2.75, 3.05) is 33.3 Å². The van der Waals surface area contributed by atoms with Gasteiger partial charge in [0.05, 0.1) is 12.7 Å². The first-order chi connectivity index (χ1) is 14.9. The molecule has 1 heterocycles. The van der Waals surface area contributed by atoms with Crippen molar-refractivity contribution >= 4 is 12.4 Å². The molecule has 180 valence electrons. The van der Waals surface area contributed by atoms with Crippen molar-refractivity contribution in [2.24, 2.45) is 0 Å². The summed E-state index contributed by atoms with van der Waals surface area (Å²) in [6.07, 6.45) is -3.57. The van der Waals surface area contributed by atoms with Crippen LogP contribution in [0.1, 0.15) is 44.7 Å². The van der Waals surface area contributed by atoms with E-state index >= 15 is 0 Å². The molecular weight excluding hydrogens is 429 g/mol. The van der Waals surface area contributed by atoms with E-state index in [-0.39, 0.29) is 11.4 Å². The van der Waals surface area contributed by atoms with E-state index in [2.05, 4.69) is 15.0 Å². The highest BCUT2D eigenvalue weighted by atomic mass is 19.4. The van der Waals surface area contributed by atoms with Gasteiger partial charge >= 0.3 is 12.1 Å². The Morgan fingerprint density at radius 2 is 1.81 bits per heavy atom. The molecule has 3 rings (SSSR count). The summed E-state index contributed by atoms with van der Waals surface area (Å²) >= 11 is 0. The van der Waals surface area contributed by atoms with Gasteiger partial charge in [-0.05, 0) is 32.9 Å². The van der Waals surface area contributed by atoms with E-state index in [1.807, 2.05) is 20.8 Å². The minimum atomic E-state index is -4.46. The summed E-state index contributed by atoms with van der Waals surface area (Å²) in [6, 6.07) is 3.48. The van der Waals surface area contributed by atoms with Crippen LogP contribution in [0.25, 0.3) is 0 Å². The zero-order chi connectivity index (χ0) is 24.0. The van der Waals surface area contributed by atoms with Gasteiger partial charge in [0.25, 0.3) is 6.47 Å². The van der Waals surface area contributed by atoms with Crippen LogP contribution >= 0.6 is 0 Å². The highest BCUT2D eigenvalue weighted by molar-refractivity contribution is 5.83. The molecule has 0 aromatic heterocycles. The Morgan fingerprint density at radius 3 is 2.25 bits per heavy atom. The number of nitrogens with one attached hydrogen (secondary N) is 1. The summed E-state index contributed by atoms with van der Waals surface area (Å²) in [7, 11) is 1.25. The maximum absolute atomic E-state index is 13.1. The van der Waals surface area contributed by atoms with Gasteiger partial charge in [0.1, 0.15) is 11.4 Å². The molecule has 1 aliphatic heterocycles. The van der Waals surface area contributed by atoms with Crippen LogP contribution in [0.4, 0.5) is 13.2 Å². The number of carbonyl (C=O) groups excluding carboxylic acids is 2. The number of benzene rings is 1. The van der Waals surface area contributed by atoms with Gasteiger partial charge in [0, 0.05) is 51.1 Å². The molecule has 0 unspecified atom stereocenters. The number of halogens is 3. The van der Waals surface area contributed by atoms with Crippen LogP contribution in [0, 0.1) is 0 Å². The Morgan fingerprint density at radius 1 is 1.19 bits per heavy atom. The van der Waals surface area contributed by atoms with Gasteiger partial charge < -0.3 is 19.5 Å². The summed E-state index contributed by atoms with van der Waals surface area (Å²) in [4.78, 5) is 23.6. The van der Waals surface area contributed by atoms with E-state index in [0.717, 1.165) is 38.3 Å². The Hall–Kier alpha value is -2.33. The van der Waals surface area contributed by atoms with Gasteiger partial charge in [-0.15, -0.1) is 0 Å². The maximum Gasteiger partial charge on any atom is 0.416 e. The van der Waals surface area contributed by atoms with E-state index < -0.39 is 23.3 Å². The number of ether oxygens (including phenoxy) is 3. The first-order valence-electron chi connectivity index (χ1n) is 10.4. The van der Waals surface area contributed by atoms with Crippen LogP contribution in [0.5, 0.6) is 5.75 Å². The monoisotopic (exact) mass is 460 g/mol. The van der Waals surface area contributed by atoms with E-state index in [1.165, 1.54) is 13.2 Å². The number of hydrogen-bond donors (Lipinski definition) is 1. The van der Waals surface area contributed by atoms with E-state index in [0.29, 0.717) is 31.4 Å². The Kier molecular flexibility index (Phi) is 8.53. The van der Waals surface area contributed by atoms with Crippen molar-refractivity contribution in [1.29, 1.82) is 0 Å². The fraction of sp³-hybridized carbons (Fsp3) is 0.636. The standard InChI is InChI=1S/C17H21F3N2O3.C5H10O2/c1-24-15(23)16(4-5-16)25-14-10-13(17(18,19)20)3-2-12(14)11-22-8-6-21-7-9-22;1-5(2,3)7-4-6/h2-3,10,21H,4-9,11H2,1H3;4H,1-3H3. The fourth-order valence-corrected chi connectivity index (χ4v) is 3.07. The quantitative estimate of drug-likeness (QED) is 0.516. The van der Waals surface area contributed by atoms with Gasteiger partial charge in [-0.3, -0.25) is 9.69 Å². The molecule has 1 saturated heterocycles. The summed E-state index contributed by atoms with van der Waals surface area (Å²) in [6.45, 7) is 9.69. The highest BCUT2D eigenvalue weighted by Gasteiger charge is 2.54. The number of alkyl halides is 3. The van der Waals surface area contributed by atoms with Crippen molar-refractivity contribution in [3.05, 3.63) is 29.3 Å². The lowest BCUT2D eigenvalue weighted by molar-refractivity contribution is -0.151. The second-order valence-corrected chi connectivity index (χ2v) is 8.76. The molecule has 0 radical (unpaired) electrons. The molecule has 1 saturated carbocycles. The van der Waals surface area contributed by atoms with Gasteiger partial charge in [-0.1, -0.05) is 6.07 Å². The van der Waals surface area contributed by atoms with Crippen LogP contribution in [0.3, 0.4) is 0 Å². The van der Waals surface area contributed by atoms with Crippen LogP contribution in [0.15, 0.2) is 18.2 Å². The molecule has 2 aliphatic rings. The zero-order valence-electron chi connectivity index (χ0n) is 18.9. The third kappa shape index (κ3) is 7.67. The summed E-state index contributed by atoms with van der Waals surface area (Å²) < 4.78 is 54.2. The number of carbonyl (C=O) groups is 2. The molecule has 7 nitrogen and oxygen atoms in total. The zero-order valence-corrected chi connectivity index (χ0v) is 18.9. The van der Waals surface area contributed by atoms with Crippen LogP contribution in [-0.2, 0) is 31.8 Å². The molecule has 0 bridgehead atoms. The SMILES string of the molecule is CC(C)(C)OC=O.COC(=O)C1(Oc2cc(C(F)(F)F)ccc2CN2CCNCC2)CC1. The number of piperazine rings is 1. The molecule has 2 fully saturated rings. The smallest absolute Gasteiger partial charge is 0.416 e. The Labute approximate surface area is 186 Å². The van der Waals surface area contributed by atoms with Crippen LogP contribution in [0.2, 0.25) is 0 Å². The molecule has 1 aliphatic carbocycles. The van der Waals surface area contributed by atoms with Crippen LogP contribution < -0.4 is 10.1 Å². The largest absolute Gasteiger partial charge is 0.475 e. The number of rotatable bonds is 6. The Bertz CT molecular complexity index is 783. The van der Waals surface area contributed by atoms with Gasteiger partial charge in [0.2, 0.25) is 5.60 Å². The molecule has 0 amide bonds. The third-order valence-corrected chi connectivity index (χ3v) is 4.97. The van der Waals surface area contributed by atoms with Crippen molar-refractivity contribution in [3.8, 4) is 5.75 Å². The summed E-state index contributed by atoms with van der Waals surface area (Å²) in [5, 5.41) is 3.23. The highest BCUT2D eigenvalue weighted by Crippen LogP contribution is 2.43. The molecule has 1 aromatic carbocycles. The number of nitrogens with zero attached hydrogens (tertiary/aromatic N) is 1. The lowest BCUT2D eigenvalue weighted by Gasteiger charge is -2.28. The minimum Gasteiger partial charge on any atom is -0.475 e. The van der Waals surface area contributed by atoms with Crippen molar-refractivity contribution in [2.45, 2.75) is 57.5 Å². The number of esters is 1. The lowest BCUT2D eigenvalue weighted by atomic mass is 10.1. The first kappa shape index (κ1) is 25.9. The topological polar surface area (TPSA) is 77.1 Å². The molecular formula is C22H31F3N2O5. The maximum atomic E-state index is 13.1. The van der Waals surface area contributed by atoms with Crippen LogP contribution in [-0.4, -0.2) is 61.8 Å². The lowest BCUT2D eigenvalue weighted by Crippen LogP contribution is -2.43. The predicted octanol–water partition coefficient (Wildman–Crippen LogP) is 3.15. The molecule has 1 aromatic rings. The second kappa shape index (κ2) is 10.5. The third-order valence-electron chi connectivity index (χ3n) is 4.97. The number of hydrogen-bond acceptors (Lipinski definition) is 7. The predicted molar refractivity (Wildman–Crippen MR) is 111 cm³/mol. The number of methoxy groups -OCH3 is 1. The average Bonchev–Trinajstić information content (AvgIpc) is 3.49. The first-order valence-corrected chi connectivity index (χ1v) is 10.4. The van der Waals surface area contributed by atoms with Gasteiger partial charge in [-0.2, -0.15) is 13.2 Å². The minimum absolute atomic E-state index is 0.108. The fourth-order valence-electron chi connectivity index (χ4n) is 3.07. The molecule has 0 spiro atoms. The van der Waals surface area contributed by atoms with E-state index in [1.54, 1.807) is 0 Å². The molecule has 1 N–H and O–H groups in total. The summed E-state index contributed by atoms with van der Waals surface area (Å²) in [5.41, 5.74) is -1.60. The van der Waals surface area contributed by atoms with Gasteiger partial charge in [0.15, 0.2) is 0 Å². The van der Waals surface area contributed by atoms with Crippen molar-refractivity contribution < 1.29 is 37.0 Å². The van der Waals surface area contributed by atoms with E-state index in [4.69, 9.17) is 9.47 Å². The van der Waals surface area contributed by atoms with Crippen molar-refractivity contribution in [3.63, 3.8) is 0 Å². The Balaban J connectivity index is 0.000000451. The van der Waals surface area contributed by atoms with E-state index in [9.17, 15) is 22.8 Å². The summed E-state index contributed by atoms with van der Waals surface area (Å²) in [5.74, 6) is -0.436. The second-order valence-electron chi connectivity index (χ2n) is 8.76. The molecule has 10 heteroatoms. The molecule has 0 atom stereocenters. The van der Waals surface area contributed by atoms with Gasteiger partial charge in [-0.25, -0.2) is 4.79 Å².